The third-order valence-corrected chi connectivity index (χ3v) is 3.90. The molecule has 0 aromatic heterocycles. The van der Waals surface area contributed by atoms with Crippen LogP contribution in [0.25, 0.3) is 0 Å². The van der Waals surface area contributed by atoms with Crippen LogP contribution in [0.4, 0.5) is 5.69 Å². The Labute approximate surface area is 158 Å². The van der Waals surface area contributed by atoms with Gasteiger partial charge in [0.2, 0.25) is 0 Å². The zero-order valence-electron chi connectivity index (χ0n) is 13.8. The van der Waals surface area contributed by atoms with Gasteiger partial charge < -0.3 is 20.3 Å². The number of para-hydroxylation sites is 1. The summed E-state index contributed by atoms with van der Waals surface area (Å²) < 4.78 is 0. The minimum absolute atomic E-state index is 0. The quantitative estimate of drug-likeness (QED) is 0.575. The molecule has 0 aliphatic rings. The number of hydrogen-bond donors (Lipinski definition) is 2. The summed E-state index contributed by atoms with van der Waals surface area (Å²) in [7, 11) is 0. The predicted octanol–water partition coefficient (Wildman–Crippen LogP) is -0.115. The third kappa shape index (κ3) is 4.99. The molecule has 23 heavy (non-hydrogen) atoms. The summed E-state index contributed by atoms with van der Waals surface area (Å²) >= 11 is 0. The Kier molecular flexibility index (Phi) is 7.62. The van der Waals surface area contributed by atoms with Crippen molar-refractivity contribution in [2.45, 2.75) is 32.7 Å². The van der Waals surface area contributed by atoms with Crippen molar-refractivity contribution in [3.05, 3.63) is 59.2 Å². The summed E-state index contributed by atoms with van der Waals surface area (Å²) in [5, 5.41) is 23.8. The van der Waals surface area contributed by atoms with Crippen molar-refractivity contribution in [1.29, 1.82) is 0 Å². The minimum Gasteiger partial charge on any atom is -0.545 e. The summed E-state index contributed by atoms with van der Waals surface area (Å²) in [6.07, 6.45) is 1.10. The van der Waals surface area contributed by atoms with E-state index in [0.29, 0.717) is 18.2 Å². The fraction of sp³-hybridized carbons (Fsp3) is 0.278. The number of aromatic carboxylic acids is 1. The third-order valence-electron chi connectivity index (χ3n) is 3.90. The van der Waals surface area contributed by atoms with Crippen molar-refractivity contribution >= 4 is 11.7 Å². The van der Waals surface area contributed by atoms with Crippen LogP contribution < -0.4 is 40.0 Å². The van der Waals surface area contributed by atoms with Gasteiger partial charge in [-0.3, -0.25) is 0 Å². The van der Waals surface area contributed by atoms with E-state index >= 15 is 0 Å². The first-order valence-electron chi connectivity index (χ1n) is 7.39. The van der Waals surface area contributed by atoms with Crippen molar-refractivity contribution in [3.63, 3.8) is 0 Å². The van der Waals surface area contributed by atoms with Gasteiger partial charge in [-0.25, -0.2) is 0 Å². The maximum absolute atomic E-state index is 10.9. The van der Waals surface area contributed by atoms with E-state index in [1.807, 2.05) is 12.1 Å². The largest absolute Gasteiger partial charge is 1.00 e. The minimum atomic E-state index is -1.39. The molecule has 2 aromatic carbocycles. The van der Waals surface area contributed by atoms with E-state index in [0.717, 1.165) is 12.0 Å². The Hall–Kier alpha value is -1.49. The SMILES string of the molecule is CCC(C)c1ccc(CNc2cccc(C(=O)[O-])c2O)cc1.[Na+]. The second kappa shape index (κ2) is 8.96. The molecular weight excluding hydrogens is 301 g/mol. The number of anilines is 1. The van der Waals surface area contributed by atoms with Gasteiger partial charge in [0.05, 0.1) is 11.7 Å². The van der Waals surface area contributed by atoms with E-state index in [1.54, 1.807) is 12.1 Å². The molecule has 2 rings (SSSR count). The van der Waals surface area contributed by atoms with E-state index in [4.69, 9.17) is 0 Å². The van der Waals surface area contributed by atoms with Gasteiger partial charge in [-0.1, -0.05) is 44.2 Å². The number of carbonyl (C=O) groups is 1. The Bertz CT molecular complexity index is 656. The predicted molar refractivity (Wildman–Crippen MR) is 84.9 cm³/mol. The van der Waals surface area contributed by atoms with Gasteiger partial charge in [0.15, 0.2) is 0 Å². The van der Waals surface area contributed by atoms with E-state index in [2.05, 4.69) is 31.3 Å². The molecule has 2 N–H and O–H groups in total. The molecular formula is C18H20NNaO3. The molecule has 0 aliphatic carbocycles. The summed E-state index contributed by atoms with van der Waals surface area (Å²) in [5.74, 6) is -1.15. The number of phenols is 1. The molecule has 0 bridgehead atoms. The van der Waals surface area contributed by atoms with Gasteiger partial charge in [-0.05, 0) is 35.6 Å². The molecule has 5 heteroatoms. The van der Waals surface area contributed by atoms with Gasteiger partial charge in [-0.2, -0.15) is 0 Å². The van der Waals surface area contributed by atoms with Crippen LogP contribution in [0.3, 0.4) is 0 Å². The maximum Gasteiger partial charge on any atom is 1.00 e. The summed E-state index contributed by atoms with van der Waals surface area (Å²) in [6.45, 7) is 4.86. The van der Waals surface area contributed by atoms with Gasteiger partial charge in [0.1, 0.15) is 5.75 Å². The first kappa shape index (κ1) is 19.6. The normalized spacial score (nSPS) is 11.4. The number of hydrogen-bond acceptors (Lipinski definition) is 4. The van der Waals surface area contributed by atoms with Gasteiger partial charge >= 0.3 is 29.6 Å². The number of carbonyl (C=O) groups excluding carboxylic acids is 1. The van der Waals surface area contributed by atoms with Crippen LogP contribution in [0.1, 0.15) is 47.7 Å². The van der Waals surface area contributed by atoms with Crippen LogP contribution in [0.15, 0.2) is 42.5 Å². The molecule has 0 fully saturated rings. The van der Waals surface area contributed by atoms with Crippen LogP contribution >= 0.6 is 0 Å². The monoisotopic (exact) mass is 321 g/mol. The topological polar surface area (TPSA) is 72.4 Å². The molecule has 0 heterocycles. The molecule has 0 saturated carbocycles. The van der Waals surface area contributed by atoms with Crippen LogP contribution in [-0.2, 0) is 6.54 Å². The van der Waals surface area contributed by atoms with Crippen molar-refractivity contribution in [3.8, 4) is 5.75 Å². The number of rotatable bonds is 6. The number of carboxylic acid groups (broad SMARTS) is 1. The van der Waals surface area contributed by atoms with Crippen molar-refractivity contribution in [1.82, 2.24) is 0 Å². The van der Waals surface area contributed by atoms with Crippen molar-refractivity contribution in [2.75, 3.05) is 5.32 Å². The van der Waals surface area contributed by atoms with E-state index < -0.39 is 5.97 Å². The standard InChI is InChI=1S/C18H21NO3.Na/c1-3-12(2)14-9-7-13(8-10-14)11-19-16-6-4-5-15(17(16)20)18(21)22;/h4-10,12,19-20H,3,11H2,1-2H3,(H,21,22);/q;+1/p-1. The van der Waals surface area contributed by atoms with Crippen molar-refractivity contribution < 1.29 is 44.6 Å². The molecule has 0 spiro atoms. The molecule has 1 atom stereocenters. The van der Waals surface area contributed by atoms with E-state index in [1.165, 1.54) is 11.6 Å². The van der Waals surface area contributed by atoms with Gasteiger partial charge in [0, 0.05) is 12.1 Å². The Morgan fingerprint density at radius 3 is 2.43 bits per heavy atom. The van der Waals surface area contributed by atoms with E-state index in [9.17, 15) is 15.0 Å². The van der Waals surface area contributed by atoms with Crippen LogP contribution in [-0.4, -0.2) is 11.1 Å². The molecule has 1 unspecified atom stereocenters. The van der Waals surface area contributed by atoms with Gasteiger partial charge in [-0.15, -0.1) is 0 Å². The molecule has 0 radical (unpaired) electrons. The molecule has 0 saturated heterocycles. The summed E-state index contributed by atoms with van der Waals surface area (Å²) in [6, 6.07) is 12.8. The fourth-order valence-electron chi connectivity index (χ4n) is 2.25. The van der Waals surface area contributed by atoms with Crippen LogP contribution in [0.5, 0.6) is 5.75 Å². The second-order valence-electron chi connectivity index (χ2n) is 5.39. The second-order valence-corrected chi connectivity index (χ2v) is 5.39. The molecule has 4 nitrogen and oxygen atoms in total. The number of benzene rings is 2. The number of aromatic hydroxyl groups is 1. The first-order chi connectivity index (χ1) is 10.5. The first-order valence-corrected chi connectivity index (χ1v) is 7.39. The van der Waals surface area contributed by atoms with Crippen molar-refractivity contribution in [2.24, 2.45) is 0 Å². The Balaban J connectivity index is 0.00000264. The fourth-order valence-corrected chi connectivity index (χ4v) is 2.25. The Morgan fingerprint density at radius 2 is 1.87 bits per heavy atom. The summed E-state index contributed by atoms with van der Waals surface area (Å²) in [5.41, 5.74) is 2.53. The molecule has 0 amide bonds. The average molecular weight is 321 g/mol. The zero-order valence-corrected chi connectivity index (χ0v) is 15.8. The molecule has 2 aromatic rings. The summed E-state index contributed by atoms with van der Waals surface area (Å²) in [4.78, 5) is 10.9. The van der Waals surface area contributed by atoms with Gasteiger partial charge in [0.25, 0.3) is 0 Å². The average Bonchev–Trinajstić information content (AvgIpc) is 2.53. The zero-order chi connectivity index (χ0) is 16.1. The number of nitrogens with one attached hydrogen (secondary N) is 1. The van der Waals surface area contributed by atoms with Crippen LogP contribution in [0.2, 0.25) is 0 Å². The smallest absolute Gasteiger partial charge is 0.545 e. The molecule has 0 aliphatic heterocycles. The molecule has 116 valence electrons. The van der Waals surface area contributed by atoms with Crippen LogP contribution in [0, 0.1) is 0 Å². The van der Waals surface area contributed by atoms with E-state index in [-0.39, 0.29) is 40.9 Å². The maximum atomic E-state index is 10.9. The number of carboxylic acids is 1. The Morgan fingerprint density at radius 1 is 1.22 bits per heavy atom.